The zero-order valence-corrected chi connectivity index (χ0v) is 24.7. The van der Waals surface area contributed by atoms with Gasteiger partial charge >= 0.3 is 5.56 Å². The summed E-state index contributed by atoms with van der Waals surface area (Å²) in [5.74, 6) is 0.0260. The standard InChI is InChI=1S/C28H36ClN5O6S/c1-28(7-8-28)18-40-26-23(16-31-34(27(26)35)20-4-2-3-19(29)15-20)32-9-11-33(12-10-32)41(36,37)17-21-22(30)5-6-24-25(21)39-14-13-38-24/h2-4,15-16,24-25H,5-14,17-18,30H2,1H3. The number of rotatable bonds is 8. The Balaban J connectivity index is 1.20. The van der Waals surface area contributed by atoms with Crippen LogP contribution >= 0.6 is 11.6 Å². The van der Waals surface area contributed by atoms with Crippen molar-refractivity contribution in [1.82, 2.24) is 14.1 Å². The molecular weight excluding hydrogens is 570 g/mol. The summed E-state index contributed by atoms with van der Waals surface area (Å²) in [6.45, 7) is 4.77. The summed E-state index contributed by atoms with van der Waals surface area (Å²) in [4.78, 5) is 15.6. The summed E-state index contributed by atoms with van der Waals surface area (Å²) in [6.07, 6.45) is 4.46. The second-order valence-electron chi connectivity index (χ2n) is 11.6. The Morgan fingerprint density at radius 2 is 1.93 bits per heavy atom. The van der Waals surface area contributed by atoms with E-state index >= 15 is 0 Å². The summed E-state index contributed by atoms with van der Waals surface area (Å²) in [7, 11) is -3.65. The lowest BCUT2D eigenvalue weighted by molar-refractivity contribution is -0.130. The Morgan fingerprint density at radius 3 is 2.66 bits per heavy atom. The topological polar surface area (TPSA) is 129 Å². The van der Waals surface area contributed by atoms with Gasteiger partial charge in [-0.15, -0.1) is 0 Å². The van der Waals surface area contributed by atoms with Crippen molar-refractivity contribution in [2.24, 2.45) is 11.1 Å². The van der Waals surface area contributed by atoms with Crippen molar-refractivity contribution in [3.8, 4) is 11.4 Å². The lowest BCUT2D eigenvalue weighted by Crippen LogP contribution is -2.51. The molecule has 3 heterocycles. The van der Waals surface area contributed by atoms with E-state index in [9.17, 15) is 13.2 Å². The van der Waals surface area contributed by atoms with Crippen LogP contribution in [-0.4, -0.2) is 86.5 Å². The van der Waals surface area contributed by atoms with Gasteiger partial charge in [0.25, 0.3) is 0 Å². The number of sulfonamides is 1. The quantitative estimate of drug-likeness (QED) is 0.482. The first-order valence-corrected chi connectivity index (χ1v) is 16.1. The average molecular weight is 606 g/mol. The van der Waals surface area contributed by atoms with Crippen LogP contribution in [0, 0.1) is 5.41 Å². The molecule has 3 fully saturated rings. The molecule has 0 radical (unpaired) electrons. The highest BCUT2D eigenvalue weighted by atomic mass is 35.5. The van der Waals surface area contributed by atoms with Crippen molar-refractivity contribution in [2.45, 2.75) is 44.8 Å². The molecule has 2 atom stereocenters. The molecule has 2 aromatic rings. The van der Waals surface area contributed by atoms with E-state index in [0.717, 1.165) is 19.3 Å². The molecular formula is C28H36ClN5O6S. The highest BCUT2D eigenvalue weighted by Gasteiger charge is 2.40. The molecule has 1 aromatic carbocycles. The third-order valence-corrected chi connectivity index (χ3v) is 10.5. The maximum absolute atomic E-state index is 13.6. The summed E-state index contributed by atoms with van der Waals surface area (Å²) in [6, 6.07) is 6.93. The van der Waals surface area contributed by atoms with Gasteiger partial charge in [-0.25, -0.2) is 8.42 Å². The maximum Gasteiger partial charge on any atom is 0.316 e. The van der Waals surface area contributed by atoms with Gasteiger partial charge in [0.05, 0.1) is 43.6 Å². The molecule has 2 N–H and O–H groups in total. The molecule has 11 nitrogen and oxygen atoms in total. The summed E-state index contributed by atoms with van der Waals surface area (Å²) in [5.41, 5.74) is 8.24. The van der Waals surface area contributed by atoms with E-state index in [1.807, 2.05) is 4.90 Å². The second kappa shape index (κ2) is 11.2. The zero-order chi connectivity index (χ0) is 28.8. The van der Waals surface area contributed by atoms with Gasteiger partial charge in [0.1, 0.15) is 11.8 Å². The molecule has 222 valence electrons. The van der Waals surface area contributed by atoms with Crippen LogP contribution in [0.25, 0.3) is 5.69 Å². The van der Waals surface area contributed by atoms with E-state index in [4.69, 9.17) is 31.5 Å². The Morgan fingerprint density at radius 1 is 1.17 bits per heavy atom. The second-order valence-corrected chi connectivity index (χ2v) is 14.0. The number of allylic oxidation sites excluding steroid dienone is 1. The number of piperazine rings is 1. The molecule has 41 heavy (non-hydrogen) atoms. The van der Waals surface area contributed by atoms with Gasteiger partial charge in [-0.2, -0.15) is 14.1 Å². The van der Waals surface area contributed by atoms with Gasteiger partial charge in [-0.05, 0) is 49.5 Å². The van der Waals surface area contributed by atoms with Crippen molar-refractivity contribution >= 4 is 27.3 Å². The average Bonchev–Trinajstić information content (AvgIpc) is 3.71. The van der Waals surface area contributed by atoms with Crippen LogP contribution in [0.4, 0.5) is 5.69 Å². The number of hydrogen-bond donors (Lipinski definition) is 1. The molecule has 6 rings (SSSR count). The minimum absolute atomic E-state index is 0.0579. The Bertz CT molecular complexity index is 1500. The Hall–Kier alpha value is -2.64. The number of halogens is 1. The number of anilines is 1. The molecule has 2 aliphatic heterocycles. The van der Waals surface area contributed by atoms with Gasteiger partial charge < -0.3 is 24.8 Å². The van der Waals surface area contributed by atoms with E-state index in [1.165, 1.54) is 8.99 Å². The number of aromatic nitrogens is 2. The smallest absolute Gasteiger partial charge is 0.316 e. The van der Waals surface area contributed by atoms with Crippen LogP contribution in [0.2, 0.25) is 5.02 Å². The van der Waals surface area contributed by atoms with E-state index in [2.05, 4.69) is 12.0 Å². The predicted molar refractivity (Wildman–Crippen MR) is 155 cm³/mol. The molecule has 2 saturated heterocycles. The van der Waals surface area contributed by atoms with Crippen molar-refractivity contribution < 1.29 is 22.6 Å². The highest BCUT2D eigenvalue weighted by Crippen LogP contribution is 2.45. The van der Waals surface area contributed by atoms with Crippen LogP contribution in [-0.2, 0) is 19.5 Å². The first-order valence-electron chi connectivity index (χ1n) is 14.1. The molecule has 0 bridgehead atoms. The third kappa shape index (κ3) is 5.98. The zero-order valence-electron chi connectivity index (χ0n) is 23.1. The number of fused-ring (bicyclic) bond motifs is 1. The maximum atomic E-state index is 13.6. The first-order chi connectivity index (χ1) is 19.6. The van der Waals surface area contributed by atoms with E-state index < -0.39 is 16.1 Å². The van der Waals surface area contributed by atoms with Crippen molar-refractivity contribution in [2.75, 3.05) is 56.7 Å². The Labute approximate surface area is 244 Å². The van der Waals surface area contributed by atoms with Crippen LogP contribution in [0.15, 0.2) is 46.5 Å². The minimum atomic E-state index is -3.65. The SMILES string of the molecule is CC1(COc2c(N3CCN(S(=O)(=O)CC4=C(N)CCC5OCCOC45)CC3)cnn(-c3cccc(Cl)c3)c2=O)CC1. The predicted octanol–water partition coefficient (Wildman–Crippen LogP) is 2.31. The van der Waals surface area contributed by atoms with Gasteiger partial charge in [0.15, 0.2) is 0 Å². The van der Waals surface area contributed by atoms with E-state index in [1.54, 1.807) is 30.5 Å². The van der Waals surface area contributed by atoms with Gasteiger partial charge in [0, 0.05) is 42.3 Å². The van der Waals surface area contributed by atoms with Gasteiger partial charge in [-0.3, -0.25) is 4.79 Å². The van der Waals surface area contributed by atoms with Crippen LogP contribution in [0.3, 0.4) is 0 Å². The number of hydrogen-bond acceptors (Lipinski definition) is 9. The highest BCUT2D eigenvalue weighted by molar-refractivity contribution is 7.89. The fourth-order valence-electron chi connectivity index (χ4n) is 5.63. The van der Waals surface area contributed by atoms with Crippen LogP contribution in [0.5, 0.6) is 5.75 Å². The van der Waals surface area contributed by atoms with Gasteiger partial charge in [0.2, 0.25) is 15.8 Å². The first kappa shape index (κ1) is 28.5. The fourth-order valence-corrected chi connectivity index (χ4v) is 7.46. The van der Waals surface area contributed by atoms with Crippen molar-refractivity contribution in [1.29, 1.82) is 0 Å². The molecule has 0 amide bonds. The largest absolute Gasteiger partial charge is 0.486 e. The molecule has 0 spiro atoms. The van der Waals surface area contributed by atoms with Crippen molar-refractivity contribution in [3.63, 3.8) is 0 Å². The molecule has 1 saturated carbocycles. The number of ether oxygens (including phenoxy) is 3. The number of nitrogens with zero attached hydrogens (tertiary/aromatic N) is 4. The Kier molecular flexibility index (Phi) is 7.79. The molecule has 2 aliphatic carbocycles. The van der Waals surface area contributed by atoms with Crippen LogP contribution < -0.4 is 20.9 Å². The third-order valence-electron chi connectivity index (χ3n) is 8.45. The molecule has 1 aromatic heterocycles. The van der Waals surface area contributed by atoms with Crippen molar-refractivity contribution in [3.05, 3.63) is 57.1 Å². The van der Waals surface area contributed by atoms with Gasteiger partial charge in [-0.1, -0.05) is 24.6 Å². The fraction of sp³-hybridized carbons (Fsp3) is 0.571. The van der Waals surface area contributed by atoms with E-state index in [0.29, 0.717) is 67.0 Å². The van der Waals surface area contributed by atoms with E-state index in [-0.39, 0.29) is 41.7 Å². The number of nitrogens with two attached hydrogens (primary N) is 1. The summed E-state index contributed by atoms with van der Waals surface area (Å²) >= 11 is 6.16. The number of benzene rings is 1. The summed E-state index contributed by atoms with van der Waals surface area (Å²) < 4.78 is 47.7. The lowest BCUT2D eigenvalue weighted by atomic mass is 9.91. The monoisotopic (exact) mass is 605 g/mol. The molecule has 13 heteroatoms. The summed E-state index contributed by atoms with van der Waals surface area (Å²) in [5, 5.41) is 4.92. The lowest BCUT2D eigenvalue weighted by Gasteiger charge is -2.39. The molecule has 2 unspecified atom stereocenters. The molecule has 4 aliphatic rings. The minimum Gasteiger partial charge on any atom is -0.486 e. The normalized spacial score (nSPS) is 24.7. The van der Waals surface area contributed by atoms with Crippen LogP contribution in [0.1, 0.15) is 32.6 Å².